The van der Waals surface area contributed by atoms with Crippen molar-refractivity contribution in [3.05, 3.63) is 95.4 Å². The standard InChI is InChI=1S/C27H19ClF3N3OS/c1-17-7-8-18(16-28)15-23(17)34(20-5-3-2-4-6-20)26-32-22-13-14-36-25(22)24(33-26)19-9-11-21(12-10-19)35-27(29,30)31/h2-15H,16H2,1H3. The fourth-order valence-corrected chi connectivity index (χ4v) is 4.89. The van der Waals surface area contributed by atoms with Gasteiger partial charge < -0.3 is 4.74 Å². The molecule has 2 aromatic heterocycles. The van der Waals surface area contributed by atoms with Gasteiger partial charge in [0.15, 0.2) is 0 Å². The van der Waals surface area contributed by atoms with Gasteiger partial charge in [-0.05, 0) is 72.0 Å². The van der Waals surface area contributed by atoms with Gasteiger partial charge in [0.25, 0.3) is 0 Å². The summed E-state index contributed by atoms with van der Waals surface area (Å²) >= 11 is 7.61. The molecule has 4 nitrogen and oxygen atoms in total. The van der Waals surface area contributed by atoms with E-state index in [-0.39, 0.29) is 5.75 Å². The fraction of sp³-hybridized carbons (Fsp3) is 0.111. The number of hydrogen-bond acceptors (Lipinski definition) is 5. The maximum atomic E-state index is 12.6. The number of halogens is 4. The maximum absolute atomic E-state index is 12.6. The Labute approximate surface area is 214 Å². The smallest absolute Gasteiger partial charge is 0.406 e. The number of aryl methyl sites for hydroxylation is 1. The van der Waals surface area contributed by atoms with Crippen LogP contribution in [0.1, 0.15) is 11.1 Å². The summed E-state index contributed by atoms with van der Waals surface area (Å²) in [5.74, 6) is 0.507. The summed E-state index contributed by atoms with van der Waals surface area (Å²) in [5, 5.41) is 1.92. The van der Waals surface area contributed by atoms with Crippen LogP contribution in [-0.2, 0) is 5.88 Å². The molecule has 5 aromatic rings. The molecule has 0 aliphatic rings. The minimum absolute atomic E-state index is 0.289. The van der Waals surface area contributed by atoms with Crippen LogP contribution in [0.4, 0.5) is 30.5 Å². The molecule has 0 aliphatic heterocycles. The zero-order chi connectivity index (χ0) is 25.3. The Balaban J connectivity index is 1.68. The number of aromatic nitrogens is 2. The van der Waals surface area contributed by atoms with Crippen LogP contribution in [0.25, 0.3) is 21.5 Å². The van der Waals surface area contributed by atoms with Crippen molar-refractivity contribution in [1.82, 2.24) is 9.97 Å². The molecule has 0 radical (unpaired) electrons. The number of hydrogen-bond donors (Lipinski definition) is 0. The highest BCUT2D eigenvalue weighted by atomic mass is 35.5. The van der Waals surface area contributed by atoms with Crippen molar-refractivity contribution in [2.24, 2.45) is 0 Å². The minimum atomic E-state index is -4.75. The third-order valence-corrected chi connectivity index (χ3v) is 6.76. The van der Waals surface area contributed by atoms with E-state index in [0.29, 0.717) is 23.1 Å². The second-order valence-electron chi connectivity index (χ2n) is 8.00. The predicted octanol–water partition coefficient (Wildman–Crippen LogP) is 8.77. The normalized spacial score (nSPS) is 11.6. The van der Waals surface area contributed by atoms with E-state index in [1.165, 1.54) is 23.5 Å². The Kier molecular flexibility index (Phi) is 6.55. The Bertz CT molecular complexity index is 1510. The van der Waals surface area contributed by atoms with Crippen molar-refractivity contribution in [3.8, 4) is 17.0 Å². The first-order valence-corrected chi connectivity index (χ1v) is 12.4. The van der Waals surface area contributed by atoms with Crippen LogP contribution in [0.5, 0.6) is 5.75 Å². The molecule has 9 heteroatoms. The fourth-order valence-electron chi connectivity index (χ4n) is 3.88. The van der Waals surface area contributed by atoms with E-state index in [9.17, 15) is 13.2 Å². The quantitative estimate of drug-likeness (QED) is 0.208. The van der Waals surface area contributed by atoms with Crippen LogP contribution in [-0.4, -0.2) is 16.3 Å². The molecule has 0 aliphatic carbocycles. The van der Waals surface area contributed by atoms with Gasteiger partial charge in [0.2, 0.25) is 5.95 Å². The van der Waals surface area contributed by atoms with Crippen LogP contribution < -0.4 is 9.64 Å². The zero-order valence-electron chi connectivity index (χ0n) is 19.0. The lowest BCUT2D eigenvalue weighted by Crippen LogP contribution is -2.17. The van der Waals surface area contributed by atoms with Crippen LogP contribution >= 0.6 is 22.9 Å². The second-order valence-corrected chi connectivity index (χ2v) is 9.19. The lowest BCUT2D eigenvalue weighted by Gasteiger charge is -2.26. The molecule has 3 aromatic carbocycles. The number of para-hydroxylation sites is 1. The van der Waals surface area contributed by atoms with Crippen LogP contribution in [0.2, 0.25) is 0 Å². The van der Waals surface area contributed by atoms with E-state index >= 15 is 0 Å². The van der Waals surface area contributed by atoms with Crippen molar-refractivity contribution in [2.75, 3.05) is 4.90 Å². The van der Waals surface area contributed by atoms with Gasteiger partial charge in [0.1, 0.15) is 5.75 Å². The summed E-state index contributed by atoms with van der Waals surface area (Å²) < 4.78 is 42.7. The van der Waals surface area contributed by atoms with E-state index in [1.807, 2.05) is 71.8 Å². The zero-order valence-corrected chi connectivity index (χ0v) is 20.5. The molecule has 2 heterocycles. The molecule has 0 bridgehead atoms. The summed E-state index contributed by atoms with van der Waals surface area (Å²) in [5.41, 5.74) is 5.72. The molecule has 0 N–H and O–H groups in total. The number of alkyl halides is 4. The minimum Gasteiger partial charge on any atom is -0.406 e. The number of nitrogens with zero attached hydrogens (tertiary/aromatic N) is 3. The van der Waals surface area contributed by atoms with Gasteiger partial charge in [0.05, 0.1) is 21.6 Å². The number of fused-ring (bicyclic) bond motifs is 1. The molecule has 0 saturated carbocycles. The number of ether oxygens (including phenoxy) is 1. The van der Waals surface area contributed by atoms with Crippen molar-refractivity contribution >= 4 is 50.5 Å². The molecule has 5 rings (SSSR count). The molecule has 0 spiro atoms. The van der Waals surface area contributed by atoms with Crippen molar-refractivity contribution in [2.45, 2.75) is 19.2 Å². The Morgan fingerprint density at radius 2 is 1.69 bits per heavy atom. The number of anilines is 3. The first-order valence-electron chi connectivity index (χ1n) is 10.9. The second kappa shape index (κ2) is 9.79. The number of rotatable bonds is 6. The molecule has 182 valence electrons. The van der Waals surface area contributed by atoms with E-state index in [4.69, 9.17) is 21.6 Å². The molecule has 0 unspecified atom stereocenters. The monoisotopic (exact) mass is 525 g/mol. The lowest BCUT2D eigenvalue weighted by atomic mass is 10.1. The summed E-state index contributed by atoms with van der Waals surface area (Å²) in [6.45, 7) is 2.01. The summed E-state index contributed by atoms with van der Waals surface area (Å²) in [4.78, 5) is 11.7. The third kappa shape index (κ3) is 5.01. The molecule has 0 atom stereocenters. The summed E-state index contributed by atoms with van der Waals surface area (Å²) in [7, 11) is 0. The van der Waals surface area contributed by atoms with E-state index in [0.717, 1.165) is 32.7 Å². The average Bonchev–Trinajstić information content (AvgIpc) is 3.34. The van der Waals surface area contributed by atoms with E-state index < -0.39 is 6.36 Å². The Morgan fingerprint density at radius 3 is 2.39 bits per heavy atom. The average molecular weight is 526 g/mol. The highest BCUT2D eigenvalue weighted by molar-refractivity contribution is 7.17. The van der Waals surface area contributed by atoms with Gasteiger partial charge in [-0.2, -0.15) is 0 Å². The van der Waals surface area contributed by atoms with Gasteiger partial charge in [-0.3, -0.25) is 4.90 Å². The van der Waals surface area contributed by atoms with Crippen molar-refractivity contribution in [3.63, 3.8) is 0 Å². The van der Waals surface area contributed by atoms with Gasteiger partial charge in [-0.25, -0.2) is 9.97 Å². The van der Waals surface area contributed by atoms with E-state index in [2.05, 4.69) is 4.74 Å². The third-order valence-electron chi connectivity index (χ3n) is 5.54. The van der Waals surface area contributed by atoms with Gasteiger partial charge >= 0.3 is 6.36 Å². The van der Waals surface area contributed by atoms with Crippen LogP contribution in [0.15, 0.2) is 84.2 Å². The van der Waals surface area contributed by atoms with Gasteiger partial charge in [-0.1, -0.05) is 30.3 Å². The van der Waals surface area contributed by atoms with Crippen LogP contribution in [0, 0.1) is 6.92 Å². The Morgan fingerprint density at radius 1 is 0.944 bits per heavy atom. The first kappa shape index (κ1) is 24.1. The lowest BCUT2D eigenvalue weighted by molar-refractivity contribution is -0.274. The van der Waals surface area contributed by atoms with Crippen molar-refractivity contribution in [1.29, 1.82) is 0 Å². The number of benzene rings is 3. The maximum Gasteiger partial charge on any atom is 0.573 e. The van der Waals surface area contributed by atoms with Gasteiger partial charge in [0, 0.05) is 17.1 Å². The highest BCUT2D eigenvalue weighted by Crippen LogP contribution is 2.39. The largest absolute Gasteiger partial charge is 0.573 e. The molecule has 0 saturated heterocycles. The van der Waals surface area contributed by atoms with Crippen LogP contribution in [0.3, 0.4) is 0 Å². The SMILES string of the molecule is Cc1ccc(CCl)cc1N(c1ccccc1)c1nc(-c2ccc(OC(F)(F)F)cc2)c2sccc2n1. The highest BCUT2D eigenvalue weighted by Gasteiger charge is 2.31. The molecular weight excluding hydrogens is 507 g/mol. The number of thiophene rings is 1. The van der Waals surface area contributed by atoms with Gasteiger partial charge in [-0.15, -0.1) is 36.1 Å². The molecule has 0 amide bonds. The molecular formula is C27H19ClF3N3OS. The summed E-state index contributed by atoms with van der Waals surface area (Å²) in [6, 6.07) is 23.4. The van der Waals surface area contributed by atoms with Crippen molar-refractivity contribution < 1.29 is 17.9 Å². The topological polar surface area (TPSA) is 38.2 Å². The molecule has 0 fully saturated rings. The summed E-state index contributed by atoms with van der Waals surface area (Å²) in [6.07, 6.45) is -4.75. The first-order chi connectivity index (χ1) is 17.3. The van der Waals surface area contributed by atoms with E-state index in [1.54, 1.807) is 12.1 Å². The predicted molar refractivity (Wildman–Crippen MR) is 139 cm³/mol. The molecule has 36 heavy (non-hydrogen) atoms. The Hall–Kier alpha value is -3.62.